The van der Waals surface area contributed by atoms with Crippen LogP contribution in [0.25, 0.3) is 0 Å². The summed E-state index contributed by atoms with van der Waals surface area (Å²) in [4.78, 5) is 32.5. The van der Waals surface area contributed by atoms with Gasteiger partial charge in [0.15, 0.2) is 0 Å². The lowest BCUT2D eigenvalue weighted by molar-refractivity contribution is -0.121. The number of nitrogens with zero attached hydrogens (tertiary/aromatic N) is 3. The van der Waals surface area contributed by atoms with Gasteiger partial charge in [-0.2, -0.15) is 0 Å². The highest BCUT2D eigenvalue weighted by Crippen LogP contribution is 2.48. The minimum absolute atomic E-state index is 0.0328. The van der Waals surface area contributed by atoms with Crippen LogP contribution in [0.15, 0.2) is 30.3 Å². The molecule has 200 valence electrons. The van der Waals surface area contributed by atoms with E-state index in [-0.39, 0.29) is 35.7 Å². The standard InChI is InChI=1S/C28H44N4O4/c1-30(2)28(23-8-5-4-6-9-23)14-12-27(13-15-28)21-31(26(35)32(27)16-7-17-36-3)20-25(34)29-19-22-10-11-24(33)18-22/h4-6,8-9,22,24,33H,7,10-21H2,1-3H3,(H,29,34)/t22?,24?,27-,28+. The first-order chi connectivity index (χ1) is 17.3. The van der Waals surface area contributed by atoms with Crippen LogP contribution in [0.4, 0.5) is 4.79 Å². The second kappa shape index (κ2) is 11.5. The Morgan fingerprint density at radius 3 is 2.50 bits per heavy atom. The first-order valence-corrected chi connectivity index (χ1v) is 13.5. The number of urea groups is 1. The van der Waals surface area contributed by atoms with Crippen LogP contribution in [0, 0.1) is 5.92 Å². The molecule has 0 radical (unpaired) electrons. The largest absolute Gasteiger partial charge is 0.393 e. The SMILES string of the molecule is COCCCN1C(=O)N(CC(=O)NCC2CCC(O)C2)C[C@]12CC[C@](c1ccccc1)(N(C)C)CC2. The van der Waals surface area contributed by atoms with E-state index in [0.717, 1.165) is 51.4 Å². The van der Waals surface area contributed by atoms with E-state index in [1.807, 2.05) is 4.90 Å². The fourth-order valence-electron chi connectivity index (χ4n) is 6.73. The van der Waals surface area contributed by atoms with Crippen molar-refractivity contribution in [1.82, 2.24) is 20.0 Å². The van der Waals surface area contributed by atoms with Gasteiger partial charge in [0.1, 0.15) is 6.54 Å². The average molecular weight is 501 g/mol. The fourth-order valence-corrected chi connectivity index (χ4v) is 6.73. The number of rotatable bonds is 10. The Balaban J connectivity index is 1.45. The van der Waals surface area contributed by atoms with Crippen molar-refractivity contribution in [2.45, 2.75) is 68.5 Å². The zero-order valence-electron chi connectivity index (χ0n) is 22.2. The smallest absolute Gasteiger partial charge is 0.321 e. The summed E-state index contributed by atoms with van der Waals surface area (Å²) in [6.45, 7) is 2.51. The van der Waals surface area contributed by atoms with Crippen LogP contribution >= 0.6 is 0 Å². The number of hydrogen-bond donors (Lipinski definition) is 2. The fraction of sp³-hybridized carbons (Fsp3) is 0.714. The van der Waals surface area contributed by atoms with Crippen molar-refractivity contribution in [3.05, 3.63) is 35.9 Å². The van der Waals surface area contributed by atoms with Crippen LogP contribution in [0.2, 0.25) is 0 Å². The molecule has 1 saturated heterocycles. The number of hydrogen-bond acceptors (Lipinski definition) is 5. The van der Waals surface area contributed by atoms with Gasteiger partial charge in [-0.25, -0.2) is 4.79 Å². The predicted molar refractivity (Wildman–Crippen MR) is 140 cm³/mol. The number of aliphatic hydroxyl groups excluding tert-OH is 1. The molecule has 3 aliphatic rings. The highest BCUT2D eigenvalue weighted by Gasteiger charge is 2.54. The van der Waals surface area contributed by atoms with Crippen molar-refractivity contribution in [2.24, 2.45) is 5.92 Å². The molecule has 8 heteroatoms. The lowest BCUT2D eigenvalue weighted by atomic mass is 9.68. The van der Waals surface area contributed by atoms with E-state index in [4.69, 9.17) is 4.74 Å². The molecule has 2 aliphatic carbocycles. The van der Waals surface area contributed by atoms with Crippen molar-refractivity contribution < 1.29 is 19.4 Å². The van der Waals surface area contributed by atoms with Crippen LogP contribution in [-0.2, 0) is 15.1 Å². The lowest BCUT2D eigenvalue weighted by Crippen LogP contribution is -2.55. The monoisotopic (exact) mass is 500 g/mol. The van der Waals surface area contributed by atoms with Gasteiger partial charge in [-0.15, -0.1) is 0 Å². The molecule has 8 nitrogen and oxygen atoms in total. The molecule has 4 rings (SSSR count). The molecule has 1 spiro atoms. The van der Waals surface area contributed by atoms with Crippen LogP contribution in [-0.4, -0.2) is 97.4 Å². The number of amides is 3. The van der Waals surface area contributed by atoms with Crippen molar-refractivity contribution >= 4 is 11.9 Å². The summed E-state index contributed by atoms with van der Waals surface area (Å²) in [6.07, 6.45) is 6.75. The normalized spacial score (nSPS) is 30.5. The van der Waals surface area contributed by atoms with Crippen LogP contribution < -0.4 is 5.32 Å². The summed E-state index contributed by atoms with van der Waals surface area (Å²) in [5.74, 6) is 0.215. The third-order valence-corrected chi connectivity index (χ3v) is 8.90. The van der Waals surface area contributed by atoms with Crippen molar-refractivity contribution in [2.75, 3.05) is 54.0 Å². The van der Waals surface area contributed by atoms with Gasteiger partial charge in [-0.1, -0.05) is 30.3 Å². The highest BCUT2D eigenvalue weighted by atomic mass is 16.5. The summed E-state index contributed by atoms with van der Waals surface area (Å²) >= 11 is 0. The van der Waals surface area contributed by atoms with Gasteiger partial charge < -0.3 is 25.0 Å². The van der Waals surface area contributed by atoms with Crippen LogP contribution in [0.1, 0.15) is 56.9 Å². The Morgan fingerprint density at radius 2 is 1.89 bits per heavy atom. The third-order valence-electron chi connectivity index (χ3n) is 8.90. The van der Waals surface area contributed by atoms with E-state index < -0.39 is 0 Å². The average Bonchev–Trinajstić information content (AvgIpc) is 3.40. The summed E-state index contributed by atoms with van der Waals surface area (Å²) in [5, 5.41) is 12.8. The van der Waals surface area contributed by atoms with Crippen LogP contribution in [0.5, 0.6) is 0 Å². The maximum absolute atomic E-state index is 13.6. The summed E-state index contributed by atoms with van der Waals surface area (Å²) in [7, 11) is 6.00. The van der Waals surface area contributed by atoms with E-state index in [2.05, 4.69) is 54.6 Å². The van der Waals surface area contributed by atoms with E-state index in [9.17, 15) is 14.7 Å². The molecule has 1 aromatic rings. The van der Waals surface area contributed by atoms with E-state index in [1.165, 1.54) is 5.56 Å². The summed E-state index contributed by atoms with van der Waals surface area (Å²) in [5.41, 5.74) is 1.02. The van der Waals surface area contributed by atoms with E-state index >= 15 is 0 Å². The van der Waals surface area contributed by atoms with E-state index in [1.54, 1.807) is 12.0 Å². The minimum Gasteiger partial charge on any atom is -0.393 e. The molecule has 0 bridgehead atoms. The van der Waals surface area contributed by atoms with Crippen molar-refractivity contribution in [3.63, 3.8) is 0 Å². The van der Waals surface area contributed by atoms with Gasteiger partial charge in [0.05, 0.1) is 11.6 Å². The van der Waals surface area contributed by atoms with Crippen molar-refractivity contribution in [3.8, 4) is 0 Å². The molecule has 3 fully saturated rings. The highest BCUT2D eigenvalue weighted by molar-refractivity contribution is 5.86. The molecule has 1 aliphatic heterocycles. The maximum Gasteiger partial charge on any atom is 0.321 e. The zero-order valence-corrected chi connectivity index (χ0v) is 22.2. The van der Waals surface area contributed by atoms with Gasteiger partial charge in [0.25, 0.3) is 0 Å². The molecular weight excluding hydrogens is 456 g/mol. The Hall–Kier alpha value is -2.16. The molecule has 3 amide bonds. The molecule has 2 unspecified atom stereocenters. The van der Waals surface area contributed by atoms with Crippen LogP contribution in [0.3, 0.4) is 0 Å². The number of methoxy groups -OCH3 is 1. The second-order valence-corrected chi connectivity index (χ2v) is 11.3. The Morgan fingerprint density at radius 1 is 1.17 bits per heavy atom. The van der Waals surface area contributed by atoms with Gasteiger partial charge in [0.2, 0.25) is 5.91 Å². The van der Waals surface area contributed by atoms with Gasteiger partial charge in [0, 0.05) is 38.9 Å². The molecule has 36 heavy (non-hydrogen) atoms. The zero-order chi connectivity index (χ0) is 25.8. The first kappa shape index (κ1) is 26.9. The molecule has 0 aromatic heterocycles. The molecule has 2 saturated carbocycles. The molecular formula is C28H44N4O4. The lowest BCUT2D eigenvalue weighted by Gasteiger charge is -2.51. The second-order valence-electron chi connectivity index (χ2n) is 11.3. The summed E-state index contributed by atoms with van der Waals surface area (Å²) < 4.78 is 5.27. The Bertz CT molecular complexity index is 885. The number of carbonyl (C=O) groups excluding carboxylic acids is 2. The predicted octanol–water partition coefficient (Wildman–Crippen LogP) is 2.81. The Labute approximate surface area is 216 Å². The topological polar surface area (TPSA) is 85.3 Å². The Kier molecular flexibility index (Phi) is 8.58. The number of nitrogens with one attached hydrogen (secondary N) is 1. The molecule has 2 N–H and O–H groups in total. The quantitative estimate of drug-likeness (QED) is 0.483. The number of benzene rings is 1. The van der Waals surface area contributed by atoms with Crippen molar-refractivity contribution in [1.29, 1.82) is 0 Å². The summed E-state index contributed by atoms with van der Waals surface area (Å²) in [6, 6.07) is 10.7. The number of carbonyl (C=O) groups is 2. The molecule has 1 heterocycles. The van der Waals surface area contributed by atoms with Gasteiger partial charge >= 0.3 is 6.03 Å². The van der Waals surface area contributed by atoms with E-state index in [0.29, 0.717) is 32.2 Å². The molecule has 1 aromatic carbocycles. The maximum atomic E-state index is 13.6. The third kappa shape index (κ3) is 5.55. The van der Waals surface area contributed by atoms with Gasteiger partial charge in [-0.3, -0.25) is 9.69 Å². The molecule has 2 atom stereocenters. The number of aliphatic hydroxyl groups is 1. The first-order valence-electron chi connectivity index (χ1n) is 13.5. The minimum atomic E-state index is -0.255. The van der Waals surface area contributed by atoms with Gasteiger partial charge in [-0.05, 0) is 76.9 Å². The number of ether oxygens (including phenoxy) is 1.